The first kappa shape index (κ1) is 14.3. The lowest BCUT2D eigenvalue weighted by Crippen LogP contribution is -2.02. The number of aryl methyl sites for hydroxylation is 1. The Morgan fingerprint density at radius 2 is 2.05 bits per heavy atom. The Balaban J connectivity index is 2.17. The first-order valence-corrected chi connectivity index (χ1v) is 6.28. The molecule has 4 nitrogen and oxygen atoms in total. The van der Waals surface area contributed by atoms with E-state index in [1.165, 1.54) is 24.3 Å². The number of rotatable bonds is 4. The summed E-state index contributed by atoms with van der Waals surface area (Å²) in [4.78, 5) is 10.3. The smallest absolute Gasteiger partial charge is 0.288 e. The number of halogens is 2. The fraction of sp³-hybridized carbons (Fsp3) is 0.143. The maximum absolute atomic E-state index is 13.1. The van der Waals surface area contributed by atoms with Crippen LogP contribution < -0.4 is 5.32 Å². The molecule has 0 radical (unpaired) electrons. The van der Waals surface area contributed by atoms with Crippen LogP contribution in [0.3, 0.4) is 0 Å². The summed E-state index contributed by atoms with van der Waals surface area (Å²) in [5.41, 5.74) is 2.11. The summed E-state index contributed by atoms with van der Waals surface area (Å²) in [7, 11) is 0. The maximum atomic E-state index is 13.1. The Labute approximate surface area is 120 Å². The third-order valence-electron chi connectivity index (χ3n) is 2.89. The van der Waals surface area contributed by atoms with Gasteiger partial charge in [0.15, 0.2) is 0 Å². The van der Waals surface area contributed by atoms with Crippen molar-refractivity contribution in [2.24, 2.45) is 0 Å². The minimum Gasteiger partial charge on any atom is -0.381 e. The quantitative estimate of drug-likeness (QED) is 0.675. The summed E-state index contributed by atoms with van der Waals surface area (Å²) in [6.07, 6.45) is 0. The largest absolute Gasteiger partial charge is 0.381 e. The first-order chi connectivity index (χ1) is 9.47. The van der Waals surface area contributed by atoms with Crippen LogP contribution in [0.25, 0.3) is 0 Å². The minimum atomic E-state index is -0.529. The lowest BCUT2D eigenvalue weighted by Gasteiger charge is -2.10. The number of hydrogen-bond acceptors (Lipinski definition) is 3. The summed E-state index contributed by atoms with van der Waals surface area (Å²) >= 11 is 5.74. The molecule has 0 aromatic heterocycles. The average Bonchev–Trinajstić information content (AvgIpc) is 2.41. The van der Waals surface area contributed by atoms with Crippen LogP contribution in [0.5, 0.6) is 0 Å². The van der Waals surface area contributed by atoms with Gasteiger partial charge in [-0.2, -0.15) is 0 Å². The van der Waals surface area contributed by atoms with E-state index in [1.54, 1.807) is 12.1 Å². The predicted molar refractivity (Wildman–Crippen MR) is 76.6 cm³/mol. The molecule has 0 saturated heterocycles. The fourth-order valence-corrected chi connectivity index (χ4v) is 1.98. The third-order valence-corrected chi connectivity index (χ3v) is 3.21. The Hall–Kier alpha value is -2.14. The van der Waals surface area contributed by atoms with Crippen LogP contribution in [0.1, 0.15) is 11.1 Å². The molecule has 6 heteroatoms. The molecule has 0 fully saturated rings. The van der Waals surface area contributed by atoms with E-state index < -0.39 is 4.92 Å². The predicted octanol–water partition coefficient (Wildman–Crippen LogP) is 4.31. The molecule has 0 aliphatic carbocycles. The van der Waals surface area contributed by atoms with Gasteiger partial charge < -0.3 is 5.32 Å². The fourth-order valence-electron chi connectivity index (χ4n) is 1.79. The van der Waals surface area contributed by atoms with Crippen molar-refractivity contribution >= 4 is 23.0 Å². The standard InChI is InChI=1S/C14H12ClFN2O2/c1-9-2-4-11(16)7-13(9)17-8-10-3-5-12(15)14(6-10)18(19)20/h2-7,17H,8H2,1H3. The molecule has 20 heavy (non-hydrogen) atoms. The van der Waals surface area contributed by atoms with Gasteiger partial charge in [-0.05, 0) is 36.2 Å². The molecule has 0 amide bonds. The zero-order valence-corrected chi connectivity index (χ0v) is 11.4. The molecule has 104 valence electrons. The molecule has 0 spiro atoms. The number of nitrogens with zero attached hydrogens (tertiary/aromatic N) is 1. The highest BCUT2D eigenvalue weighted by Gasteiger charge is 2.12. The topological polar surface area (TPSA) is 55.2 Å². The molecule has 2 rings (SSSR count). The van der Waals surface area contributed by atoms with Gasteiger partial charge in [-0.25, -0.2) is 4.39 Å². The van der Waals surface area contributed by atoms with Crippen molar-refractivity contribution in [2.75, 3.05) is 5.32 Å². The van der Waals surface area contributed by atoms with Crippen LogP contribution in [-0.4, -0.2) is 4.92 Å². The Morgan fingerprint density at radius 3 is 2.75 bits per heavy atom. The van der Waals surface area contributed by atoms with Crippen LogP contribution in [-0.2, 0) is 6.54 Å². The zero-order chi connectivity index (χ0) is 14.7. The monoisotopic (exact) mass is 294 g/mol. The second-order valence-corrected chi connectivity index (χ2v) is 4.76. The Bertz CT molecular complexity index is 662. The molecule has 0 saturated carbocycles. The lowest BCUT2D eigenvalue weighted by atomic mass is 10.1. The van der Waals surface area contributed by atoms with E-state index in [4.69, 9.17) is 11.6 Å². The van der Waals surface area contributed by atoms with Gasteiger partial charge in [0.05, 0.1) is 4.92 Å². The van der Waals surface area contributed by atoms with E-state index in [-0.39, 0.29) is 16.5 Å². The molecule has 0 aliphatic rings. The summed E-state index contributed by atoms with van der Waals surface area (Å²) in [6, 6.07) is 9.02. The lowest BCUT2D eigenvalue weighted by molar-refractivity contribution is -0.384. The normalized spacial score (nSPS) is 10.3. The summed E-state index contributed by atoms with van der Waals surface area (Å²) in [6.45, 7) is 2.20. The van der Waals surface area contributed by atoms with E-state index in [9.17, 15) is 14.5 Å². The van der Waals surface area contributed by atoms with Gasteiger partial charge in [0.2, 0.25) is 0 Å². The highest BCUT2D eigenvalue weighted by Crippen LogP contribution is 2.25. The van der Waals surface area contributed by atoms with Crippen molar-refractivity contribution in [1.29, 1.82) is 0 Å². The van der Waals surface area contributed by atoms with Gasteiger partial charge in [0.1, 0.15) is 10.8 Å². The van der Waals surface area contributed by atoms with Gasteiger partial charge >= 0.3 is 0 Å². The number of nitro groups is 1. The molecule has 0 heterocycles. The van der Waals surface area contributed by atoms with E-state index >= 15 is 0 Å². The second-order valence-electron chi connectivity index (χ2n) is 4.36. The van der Waals surface area contributed by atoms with E-state index in [0.29, 0.717) is 17.8 Å². The number of benzene rings is 2. The van der Waals surface area contributed by atoms with Crippen LogP contribution in [0.2, 0.25) is 5.02 Å². The zero-order valence-electron chi connectivity index (χ0n) is 10.7. The van der Waals surface area contributed by atoms with Crippen molar-refractivity contribution in [2.45, 2.75) is 13.5 Å². The van der Waals surface area contributed by atoms with Gasteiger partial charge in [-0.3, -0.25) is 10.1 Å². The van der Waals surface area contributed by atoms with Gasteiger partial charge in [-0.15, -0.1) is 0 Å². The summed E-state index contributed by atoms with van der Waals surface area (Å²) in [5.74, 6) is -0.333. The first-order valence-electron chi connectivity index (χ1n) is 5.90. The molecule has 2 aromatic carbocycles. The Kier molecular flexibility index (Phi) is 4.20. The molecule has 1 N–H and O–H groups in total. The number of nitrogens with one attached hydrogen (secondary N) is 1. The molecule has 0 unspecified atom stereocenters. The molecular formula is C14H12ClFN2O2. The van der Waals surface area contributed by atoms with Crippen molar-refractivity contribution in [1.82, 2.24) is 0 Å². The molecule has 0 aliphatic heterocycles. The van der Waals surface area contributed by atoms with E-state index in [0.717, 1.165) is 5.56 Å². The SMILES string of the molecule is Cc1ccc(F)cc1NCc1ccc(Cl)c([N+](=O)[O-])c1. The molecule has 2 aromatic rings. The molecule has 0 bridgehead atoms. The number of anilines is 1. The van der Waals surface area contributed by atoms with Crippen molar-refractivity contribution in [3.8, 4) is 0 Å². The summed E-state index contributed by atoms with van der Waals surface area (Å²) < 4.78 is 13.1. The average molecular weight is 295 g/mol. The molecule has 0 atom stereocenters. The Morgan fingerprint density at radius 1 is 1.30 bits per heavy atom. The second kappa shape index (κ2) is 5.88. The molecular weight excluding hydrogens is 283 g/mol. The van der Waals surface area contributed by atoms with Gasteiger partial charge in [0, 0.05) is 18.3 Å². The highest BCUT2D eigenvalue weighted by molar-refractivity contribution is 6.32. The van der Waals surface area contributed by atoms with Gasteiger partial charge in [-0.1, -0.05) is 23.7 Å². The summed E-state index contributed by atoms with van der Waals surface area (Å²) in [5, 5.41) is 13.9. The number of nitro benzene ring substituents is 1. The van der Waals surface area contributed by atoms with Gasteiger partial charge in [0.25, 0.3) is 5.69 Å². The van der Waals surface area contributed by atoms with E-state index in [1.807, 2.05) is 6.92 Å². The van der Waals surface area contributed by atoms with Crippen LogP contribution in [0.15, 0.2) is 36.4 Å². The highest BCUT2D eigenvalue weighted by atomic mass is 35.5. The maximum Gasteiger partial charge on any atom is 0.288 e. The van der Waals surface area contributed by atoms with Crippen LogP contribution >= 0.6 is 11.6 Å². The number of hydrogen-bond donors (Lipinski definition) is 1. The van der Waals surface area contributed by atoms with Crippen LogP contribution in [0, 0.1) is 22.9 Å². The minimum absolute atomic E-state index is 0.0979. The van der Waals surface area contributed by atoms with Crippen molar-refractivity contribution < 1.29 is 9.31 Å². The van der Waals surface area contributed by atoms with Crippen molar-refractivity contribution in [3.05, 3.63) is 68.5 Å². The third kappa shape index (κ3) is 3.24. The van der Waals surface area contributed by atoms with Crippen molar-refractivity contribution in [3.63, 3.8) is 0 Å². The van der Waals surface area contributed by atoms with E-state index in [2.05, 4.69) is 5.32 Å². The van der Waals surface area contributed by atoms with Crippen LogP contribution in [0.4, 0.5) is 15.8 Å².